The first-order valence-electron chi connectivity index (χ1n) is 4.08. The van der Waals surface area contributed by atoms with E-state index in [9.17, 15) is 4.79 Å². The van der Waals surface area contributed by atoms with E-state index in [0.29, 0.717) is 19.8 Å². The topological polar surface area (TPSA) is 64.4 Å². The average Bonchev–Trinajstić information content (AvgIpc) is 2.53. The first-order chi connectivity index (χ1) is 6.25. The molecule has 5 nitrogen and oxygen atoms in total. The molecule has 5 heteroatoms. The van der Waals surface area contributed by atoms with Crippen LogP contribution in [0.15, 0.2) is 12.3 Å². The van der Waals surface area contributed by atoms with Crippen molar-refractivity contribution in [1.29, 1.82) is 0 Å². The predicted octanol–water partition coefficient (Wildman–Crippen LogP) is 0.618. The highest BCUT2D eigenvalue weighted by Gasteiger charge is 2.08. The van der Waals surface area contributed by atoms with Gasteiger partial charge in [-0.25, -0.2) is 4.79 Å². The lowest BCUT2D eigenvalue weighted by atomic mass is 10.4. The summed E-state index contributed by atoms with van der Waals surface area (Å²) in [6.07, 6.45) is 1.47. The Labute approximate surface area is 75.9 Å². The number of carboxylic acid groups (broad SMARTS) is 1. The Morgan fingerprint density at radius 1 is 1.77 bits per heavy atom. The average molecular weight is 184 g/mol. The van der Waals surface area contributed by atoms with Gasteiger partial charge in [0.25, 0.3) is 0 Å². The van der Waals surface area contributed by atoms with E-state index in [4.69, 9.17) is 9.84 Å². The van der Waals surface area contributed by atoms with Crippen molar-refractivity contribution in [3.8, 4) is 0 Å². The smallest absolute Gasteiger partial charge is 0.354 e. The van der Waals surface area contributed by atoms with Crippen LogP contribution in [0.4, 0.5) is 0 Å². The van der Waals surface area contributed by atoms with Gasteiger partial charge in [-0.05, 0) is 13.0 Å². The minimum atomic E-state index is -0.964. The van der Waals surface area contributed by atoms with Gasteiger partial charge in [-0.3, -0.25) is 4.68 Å². The van der Waals surface area contributed by atoms with Gasteiger partial charge in [-0.15, -0.1) is 0 Å². The summed E-state index contributed by atoms with van der Waals surface area (Å²) in [4.78, 5) is 10.6. The highest BCUT2D eigenvalue weighted by atomic mass is 16.5. The maximum Gasteiger partial charge on any atom is 0.354 e. The molecule has 72 valence electrons. The van der Waals surface area contributed by atoms with Gasteiger partial charge in [0, 0.05) is 12.8 Å². The largest absolute Gasteiger partial charge is 0.477 e. The van der Waals surface area contributed by atoms with E-state index in [2.05, 4.69) is 5.10 Å². The molecule has 1 heterocycles. The Balaban J connectivity index is 2.55. The minimum Gasteiger partial charge on any atom is -0.477 e. The monoisotopic (exact) mass is 184 g/mol. The molecule has 13 heavy (non-hydrogen) atoms. The quantitative estimate of drug-likeness (QED) is 0.681. The molecule has 0 aliphatic heterocycles. The minimum absolute atomic E-state index is 0.194. The Kier molecular flexibility index (Phi) is 3.45. The highest BCUT2D eigenvalue weighted by molar-refractivity contribution is 5.85. The molecule has 0 bridgehead atoms. The van der Waals surface area contributed by atoms with Gasteiger partial charge in [-0.2, -0.15) is 5.10 Å². The zero-order valence-corrected chi connectivity index (χ0v) is 7.43. The van der Waals surface area contributed by atoms with Crippen molar-refractivity contribution in [2.75, 3.05) is 13.2 Å². The van der Waals surface area contributed by atoms with Gasteiger partial charge in [0.15, 0.2) is 0 Å². The number of hydrogen-bond acceptors (Lipinski definition) is 3. The van der Waals surface area contributed by atoms with Crippen molar-refractivity contribution in [3.63, 3.8) is 0 Å². The van der Waals surface area contributed by atoms with Crippen LogP contribution in [0.25, 0.3) is 0 Å². The van der Waals surface area contributed by atoms with Crippen LogP contribution < -0.4 is 0 Å². The van der Waals surface area contributed by atoms with Crippen LogP contribution in [-0.2, 0) is 11.3 Å². The van der Waals surface area contributed by atoms with Crippen LogP contribution in [0.2, 0.25) is 0 Å². The molecule has 1 rings (SSSR count). The van der Waals surface area contributed by atoms with Crippen molar-refractivity contribution in [3.05, 3.63) is 18.0 Å². The van der Waals surface area contributed by atoms with E-state index < -0.39 is 5.97 Å². The maximum absolute atomic E-state index is 10.6. The molecule has 0 atom stereocenters. The first kappa shape index (κ1) is 9.73. The molecule has 0 aliphatic rings. The van der Waals surface area contributed by atoms with Gasteiger partial charge in [0.05, 0.1) is 13.2 Å². The molecule has 1 aromatic rings. The number of carboxylic acids is 1. The summed E-state index contributed by atoms with van der Waals surface area (Å²) in [6, 6.07) is 1.47. The number of aromatic nitrogens is 2. The zero-order valence-electron chi connectivity index (χ0n) is 7.43. The van der Waals surface area contributed by atoms with Gasteiger partial charge in [0.1, 0.15) is 5.69 Å². The molecule has 0 spiro atoms. The first-order valence-corrected chi connectivity index (χ1v) is 4.08. The summed E-state index contributed by atoms with van der Waals surface area (Å²) in [5, 5.41) is 12.6. The normalized spacial score (nSPS) is 10.2. The standard InChI is InChI=1S/C8H12N2O3/c1-2-13-6-5-10-7(8(11)12)3-4-9-10/h3-4H,2,5-6H2,1H3,(H,11,12). The van der Waals surface area contributed by atoms with Crippen molar-refractivity contribution >= 4 is 5.97 Å². The Hall–Kier alpha value is -1.36. The summed E-state index contributed by atoms with van der Waals surface area (Å²) in [5.41, 5.74) is 0.194. The Morgan fingerprint density at radius 3 is 3.15 bits per heavy atom. The molecule has 0 saturated heterocycles. The van der Waals surface area contributed by atoms with Gasteiger partial charge < -0.3 is 9.84 Å². The second kappa shape index (κ2) is 4.61. The summed E-state index contributed by atoms with van der Waals surface area (Å²) >= 11 is 0. The molecular weight excluding hydrogens is 172 g/mol. The lowest BCUT2D eigenvalue weighted by Gasteiger charge is -2.03. The molecular formula is C8H12N2O3. The second-order valence-electron chi connectivity index (χ2n) is 2.44. The molecule has 0 fully saturated rings. The number of nitrogens with zero attached hydrogens (tertiary/aromatic N) is 2. The van der Waals surface area contributed by atoms with Crippen molar-refractivity contribution < 1.29 is 14.6 Å². The van der Waals surface area contributed by atoms with Crippen molar-refractivity contribution in [2.45, 2.75) is 13.5 Å². The highest BCUT2D eigenvalue weighted by Crippen LogP contribution is 1.98. The Morgan fingerprint density at radius 2 is 2.54 bits per heavy atom. The molecule has 0 unspecified atom stereocenters. The van der Waals surface area contributed by atoms with Crippen LogP contribution >= 0.6 is 0 Å². The zero-order chi connectivity index (χ0) is 9.68. The van der Waals surface area contributed by atoms with E-state index in [-0.39, 0.29) is 5.69 Å². The van der Waals surface area contributed by atoms with Crippen LogP contribution in [0, 0.1) is 0 Å². The number of carbonyl (C=O) groups is 1. The Bertz CT molecular complexity index is 283. The van der Waals surface area contributed by atoms with Gasteiger partial charge in [0.2, 0.25) is 0 Å². The molecule has 0 aromatic carbocycles. The fourth-order valence-corrected chi connectivity index (χ4v) is 0.988. The van der Waals surface area contributed by atoms with E-state index in [1.54, 1.807) is 0 Å². The van der Waals surface area contributed by atoms with Crippen LogP contribution in [0.3, 0.4) is 0 Å². The number of rotatable bonds is 5. The van der Waals surface area contributed by atoms with E-state index in [0.717, 1.165) is 0 Å². The molecule has 0 aliphatic carbocycles. The third-order valence-electron chi connectivity index (χ3n) is 1.59. The molecule has 1 aromatic heterocycles. The summed E-state index contributed by atoms with van der Waals surface area (Å²) < 4.78 is 6.50. The third-order valence-corrected chi connectivity index (χ3v) is 1.59. The molecule has 0 saturated carbocycles. The summed E-state index contributed by atoms with van der Waals surface area (Å²) in [7, 11) is 0. The van der Waals surface area contributed by atoms with Crippen LogP contribution in [0.5, 0.6) is 0 Å². The van der Waals surface area contributed by atoms with Gasteiger partial charge >= 0.3 is 5.97 Å². The van der Waals surface area contributed by atoms with Crippen molar-refractivity contribution in [2.24, 2.45) is 0 Å². The van der Waals surface area contributed by atoms with Gasteiger partial charge in [-0.1, -0.05) is 0 Å². The number of hydrogen-bond donors (Lipinski definition) is 1. The molecule has 0 radical (unpaired) electrons. The number of aromatic carboxylic acids is 1. The van der Waals surface area contributed by atoms with Crippen LogP contribution in [0.1, 0.15) is 17.4 Å². The fraction of sp³-hybridized carbons (Fsp3) is 0.500. The number of ether oxygens (including phenoxy) is 1. The lowest BCUT2D eigenvalue weighted by molar-refractivity contribution is 0.0678. The lowest BCUT2D eigenvalue weighted by Crippen LogP contribution is -2.13. The van der Waals surface area contributed by atoms with E-state index in [1.165, 1.54) is 16.9 Å². The molecule has 1 N–H and O–H groups in total. The molecule has 0 amide bonds. The third kappa shape index (κ3) is 2.55. The van der Waals surface area contributed by atoms with E-state index in [1.807, 2.05) is 6.92 Å². The fourth-order valence-electron chi connectivity index (χ4n) is 0.988. The second-order valence-corrected chi connectivity index (χ2v) is 2.44. The summed E-state index contributed by atoms with van der Waals surface area (Å²) in [5.74, 6) is -0.964. The SMILES string of the molecule is CCOCCn1nccc1C(=O)O. The van der Waals surface area contributed by atoms with Crippen molar-refractivity contribution in [1.82, 2.24) is 9.78 Å². The van der Waals surface area contributed by atoms with Crippen LogP contribution in [-0.4, -0.2) is 34.1 Å². The van der Waals surface area contributed by atoms with E-state index >= 15 is 0 Å². The predicted molar refractivity (Wildman–Crippen MR) is 45.7 cm³/mol. The summed E-state index contributed by atoms with van der Waals surface area (Å²) in [6.45, 7) is 3.48. The maximum atomic E-state index is 10.6.